The molecule has 22 heterocycles. The Morgan fingerprint density at radius 3 is 0.409 bits per heavy atom. The smallest absolute Gasteiger partial charge is 0.187 e. The zero-order valence-corrected chi connectivity index (χ0v) is 34.5. The minimum absolute atomic E-state index is 0.999. The van der Waals surface area contributed by atoms with Crippen LogP contribution in [0, 0.1) is 0 Å². The van der Waals surface area contributed by atoms with Gasteiger partial charge in [-0.25, -0.2) is 0 Å². The molecule has 0 aromatic rings. The Balaban J connectivity index is 1.19. The van der Waals surface area contributed by atoms with Crippen LogP contribution in [0.15, 0.2) is 0 Å². The van der Waals surface area contributed by atoms with Crippen LogP contribution >= 0.6 is 0 Å². The molecule has 22 saturated heterocycles. The molecule has 30 atom stereocenters. The fourth-order valence-corrected chi connectivity index (χ4v) is 8.93. The van der Waals surface area contributed by atoms with Crippen molar-refractivity contribution in [1.29, 1.82) is 0 Å². The van der Waals surface area contributed by atoms with Crippen molar-refractivity contribution in [2.24, 2.45) is 0 Å². The van der Waals surface area contributed by atoms with Gasteiger partial charge in [0.25, 0.3) is 0 Å². The van der Waals surface area contributed by atoms with Crippen LogP contribution in [-0.2, 0) is 56.8 Å². The van der Waals surface area contributed by atoms with Crippen LogP contribution in [0.1, 0.15) is 0 Å². The third-order valence-corrected chi connectivity index (χ3v) is 12.7. The van der Waals surface area contributed by atoms with E-state index in [-0.39, 0.29) is 0 Å². The Morgan fingerprint density at radius 2 is 0.303 bits per heavy atom. The van der Waals surface area contributed by atoms with E-state index in [0.717, 1.165) is 0 Å². The molecular formula is C36H60O30. The Hall–Kier alpha value is -1.20. The van der Waals surface area contributed by atoms with Gasteiger partial charge in [0.2, 0.25) is 0 Å². The maximum atomic E-state index is 11.2. The summed E-state index contributed by atoms with van der Waals surface area (Å²) in [6.45, 7) is -5.99. The molecule has 0 aromatic carbocycles. The quantitative estimate of drug-likeness (QED) is 0.117. The molecule has 0 amide bonds. The number of hydrogen-bond donors (Lipinski definition) is 18. The predicted octanol–water partition coefficient (Wildman–Crippen LogP) is -13.1. The number of aliphatic hydroxyl groups excluding tert-OH is 18. The summed E-state index contributed by atoms with van der Waals surface area (Å²) in [5, 5.41) is 196. The second-order valence-electron chi connectivity index (χ2n) is 16.8. The van der Waals surface area contributed by atoms with Crippen molar-refractivity contribution < 1.29 is 149 Å². The fourth-order valence-electron chi connectivity index (χ4n) is 8.93. The van der Waals surface area contributed by atoms with E-state index in [1.807, 2.05) is 0 Å². The van der Waals surface area contributed by atoms with E-state index in [2.05, 4.69) is 0 Å². The van der Waals surface area contributed by atoms with E-state index >= 15 is 0 Å². The lowest BCUT2D eigenvalue weighted by atomic mass is 9.94. The minimum atomic E-state index is -2.15. The number of aliphatic hydroxyl groups is 18. The molecule has 30 nitrogen and oxygen atoms in total. The van der Waals surface area contributed by atoms with E-state index < -0.39 is 224 Å². The van der Waals surface area contributed by atoms with Crippen LogP contribution in [0.4, 0.5) is 0 Å². The molecule has 66 heavy (non-hydrogen) atoms. The summed E-state index contributed by atoms with van der Waals surface area (Å²) in [5.41, 5.74) is 0. The summed E-state index contributed by atoms with van der Waals surface area (Å²) in [6.07, 6.45) is -58.5. The van der Waals surface area contributed by atoms with Crippen molar-refractivity contribution in [3.63, 3.8) is 0 Å². The first kappa shape index (κ1) is 52.6. The Kier molecular flexibility index (Phi) is 17.6. The van der Waals surface area contributed by atoms with Gasteiger partial charge >= 0.3 is 0 Å². The maximum Gasteiger partial charge on any atom is 0.187 e. The standard InChI is InChI=1S/C36H60O30/c37-1-7-25-13(43)19(49)31(55-7)62-26-8(2-38)57-33(21(51)15(26)45)64-28-10(4-40)59-35(23(53)17(28)47)66-30-12(6-42)60-36(24(54)18(30)48)65-29-11(5-41)58-34(22(52)16(29)46)63-27-9(3-39)56-32(61-25)20(50)14(27)44/h7-54H,1-6H2/t7-,8-,9-,10-,11-,12-,13-,14-,15-,16-,17-,18-,19-,20-,21-,22-,23-,24-,25-,26-,27-,28-,29-,30-,31-,32-,33-,34-,35-,36-/m0/s1. The molecule has 22 rings (SSSR count). The number of rotatable bonds is 6. The normalized spacial score (nSPS) is 55.4. The van der Waals surface area contributed by atoms with Gasteiger partial charge < -0.3 is 149 Å². The van der Waals surface area contributed by atoms with Crippen molar-refractivity contribution in [2.45, 2.75) is 184 Å². The second kappa shape index (κ2) is 22.1. The topological polar surface area (TPSA) is 475 Å². The first-order valence-corrected chi connectivity index (χ1v) is 21.1. The van der Waals surface area contributed by atoms with Gasteiger partial charge in [-0.2, -0.15) is 0 Å². The molecule has 0 radical (unpaired) electrons. The molecule has 22 fully saturated rings. The van der Waals surface area contributed by atoms with Crippen molar-refractivity contribution in [3.8, 4) is 0 Å². The lowest BCUT2D eigenvalue weighted by Gasteiger charge is -2.50. The summed E-state index contributed by atoms with van der Waals surface area (Å²) in [6, 6.07) is 0. The predicted molar refractivity (Wildman–Crippen MR) is 196 cm³/mol. The summed E-state index contributed by atoms with van der Waals surface area (Å²) < 4.78 is 67.9. The monoisotopic (exact) mass is 972 g/mol. The third kappa shape index (κ3) is 10.0. The highest BCUT2D eigenvalue weighted by atomic mass is 16.8. The van der Waals surface area contributed by atoms with E-state index in [1.54, 1.807) is 0 Å². The molecule has 384 valence electrons. The van der Waals surface area contributed by atoms with Crippen LogP contribution in [0.5, 0.6) is 0 Å². The summed E-state index contributed by atoms with van der Waals surface area (Å²) in [5.74, 6) is 0. The Labute approximate surface area is 372 Å². The second-order valence-corrected chi connectivity index (χ2v) is 16.8. The first-order valence-electron chi connectivity index (χ1n) is 21.1. The maximum absolute atomic E-state index is 11.2. The molecule has 30 heteroatoms. The van der Waals surface area contributed by atoms with Gasteiger partial charge in [-0.05, 0) is 0 Å². The highest BCUT2D eigenvalue weighted by Gasteiger charge is 2.58. The summed E-state index contributed by atoms with van der Waals surface area (Å²) in [4.78, 5) is 0. The average Bonchev–Trinajstić information content (AvgIpc) is 3.31. The molecule has 18 N–H and O–H groups in total. The molecule has 12 bridgehead atoms. The van der Waals surface area contributed by atoms with Gasteiger partial charge in [-0.15, -0.1) is 0 Å². The lowest BCUT2D eigenvalue weighted by molar-refractivity contribution is -0.404. The van der Waals surface area contributed by atoms with E-state index in [9.17, 15) is 91.9 Å². The van der Waals surface area contributed by atoms with Gasteiger partial charge in [-0.3, -0.25) is 0 Å². The van der Waals surface area contributed by atoms with Crippen LogP contribution in [0.25, 0.3) is 0 Å². The lowest BCUT2D eigenvalue weighted by Crippen LogP contribution is -2.69. The van der Waals surface area contributed by atoms with E-state index in [0.29, 0.717) is 0 Å². The van der Waals surface area contributed by atoms with Crippen molar-refractivity contribution in [2.75, 3.05) is 39.6 Å². The largest absolute Gasteiger partial charge is 0.394 e. The van der Waals surface area contributed by atoms with Crippen LogP contribution in [0.3, 0.4) is 0 Å². The molecule has 0 saturated carbocycles. The molecule has 0 unspecified atom stereocenters. The average molecular weight is 973 g/mol. The fraction of sp³-hybridized carbons (Fsp3) is 1.00. The van der Waals surface area contributed by atoms with Gasteiger partial charge in [0.15, 0.2) is 37.7 Å². The number of ether oxygens (including phenoxy) is 12. The van der Waals surface area contributed by atoms with Crippen molar-refractivity contribution in [3.05, 3.63) is 0 Å². The van der Waals surface area contributed by atoms with Gasteiger partial charge in [0, 0.05) is 0 Å². The zero-order valence-electron chi connectivity index (χ0n) is 34.5. The highest BCUT2D eigenvalue weighted by molar-refractivity contribution is 5.01. The van der Waals surface area contributed by atoms with Gasteiger partial charge in [0.05, 0.1) is 39.6 Å². The molecular weight excluding hydrogens is 912 g/mol. The molecule has 0 aliphatic carbocycles. The van der Waals surface area contributed by atoms with E-state index in [4.69, 9.17) is 56.8 Å². The first-order chi connectivity index (χ1) is 31.4. The van der Waals surface area contributed by atoms with Crippen LogP contribution in [-0.4, -0.2) is 316 Å². The molecule has 0 spiro atoms. The van der Waals surface area contributed by atoms with E-state index in [1.165, 1.54) is 0 Å². The SMILES string of the molecule is OC[C@@H]1O[C@H]2O[C@@H]3[C@@H](O)[C@H](O)[C@H](O[C@@H]4[C@@H](O)[C@H](O)[C@H](O[C@@H]5[C@@H](O)[C@H](O)[C@H](O[C@@H]6[C@@H](O)[C@H](O)[C@H](O[C@@H]7[C@@H](O)[C@H](O)[C@H](O[C@@H]1[C@@H](O)[C@@H]2O)O[C@H]7CO)O[C@H]6CO)O[C@H]5CO)O[C@H]4CO)O[C@H]3CO. The summed E-state index contributed by atoms with van der Waals surface area (Å²) >= 11 is 0. The summed E-state index contributed by atoms with van der Waals surface area (Å²) in [7, 11) is 0. The molecule has 0 aromatic heterocycles. The van der Waals surface area contributed by atoms with Crippen LogP contribution < -0.4 is 0 Å². The van der Waals surface area contributed by atoms with Crippen molar-refractivity contribution >= 4 is 0 Å². The molecule has 22 aliphatic heterocycles. The van der Waals surface area contributed by atoms with Crippen LogP contribution in [0.2, 0.25) is 0 Å². The highest BCUT2D eigenvalue weighted by Crippen LogP contribution is 2.38. The zero-order chi connectivity index (χ0) is 48.0. The minimum Gasteiger partial charge on any atom is -0.394 e. The van der Waals surface area contributed by atoms with Crippen molar-refractivity contribution in [1.82, 2.24) is 0 Å². The number of hydrogen-bond acceptors (Lipinski definition) is 30. The Morgan fingerprint density at radius 1 is 0.182 bits per heavy atom. The Bertz CT molecular complexity index is 1230. The molecule has 22 aliphatic rings. The van der Waals surface area contributed by atoms with Gasteiger partial charge in [-0.1, -0.05) is 0 Å². The third-order valence-electron chi connectivity index (χ3n) is 12.7. The van der Waals surface area contributed by atoms with Gasteiger partial charge in [0.1, 0.15) is 146 Å².